The Morgan fingerprint density at radius 1 is 1.53 bits per heavy atom. The van der Waals surface area contributed by atoms with Crippen molar-refractivity contribution in [3.8, 4) is 6.07 Å². The van der Waals surface area contributed by atoms with Crippen molar-refractivity contribution in [3.63, 3.8) is 0 Å². The Hall–Kier alpha value is -1.93. The van der Waals surface area contributed by atoms with E-state index in [1.807, 2.05) is 6.92 Å². The van der Waals surface area contributed by atoms with E-state index in [2.05, 4.69) is 5.32 Å². The Kier molecular flexibility index (Phi) is 5.97. The van der Waals surface area contributed by atoms with Crippen LogP contribution in [-0.4, -0.2) is 12.5 Å². The molecule has 3 N–H and O–H groups in total. The van der Waals surface area contributed by atoms with Gasteiger partial charge in [-0.3, -0.25) is 4.79 Å². The Balaban J connectivity index is 2.58. The summed E-state index contributed by atoms with van der Waals surface area (Å²) in [4.78, 5) is 11.7. The summed E-state index contributed by atoms with van der Waals surface area (Å²) in [6.07, 6.45) is 1.93. The molecule has 0 aromatic heterocycles. The molecule has 0 heterocycles. The third kappa shape index (κ3) is 4.68. The van der Waals surface area contributed by atoms with Crippen molar-refractivity contribution in [1.29, 1.82) is 5.26 Å². The zero-order valence-corrected chi connectivity index (χ0v) is 10.9. The first-order valence-electron chi connectivity index (χ1n) is 6.27. The molecule has 0 radical (unpaired) electrons. The molecule has 1 rings (SSSR count). The Bertz CT molecular complexity index is 482. The van der Waals surface area contributed by atoms with E-state index in [1.165, 1.54) is 18.2 Å². The van der Waals surface area contributed by atoms with Crippen LogP contribution in [0.3, 0.4) is 0 Å². The molecule has 4 nitrogen and oxygen atoms in total. The van der Waals surface area contributed by atoms with Crippen molar-refractivity contribution in [2.75, 3.05) is 11.9 Å². The minimum Gasteiger partial charge on any atom is -0.330 e. The molecule has 0 aliphatic carbocycles. The maximum Gasteiger partial charge on any atom is 0.224 e. The monoisotopic (exact) mass is 263 g/mol. The predicted octanol–water partition coefficient (Wildman–Crippen LogP) is 2.40. The van der Waals surface area contributed by atoms with E-state index in [0.29, 0.717) is 18.9 Å². The highest BCUT2D eigenvalue weighted by molar-refractivity contribution is 5.92. The number of halogens is 1. The van der Waals surface area contributed by atoms with Crippen molar-refractivity contribution in [3.05, 3.63) is 29.6 Å². The molecule has 1 amide bonds. The standard InChI is InChI=1S/C14H18FN3O/c1-10(7-8-16)5-6-14(19)18-13-4-2-3-12(15)11(13)9-17/h2-4,10H,5-8,16H2,1H3,(H,18,19). The first-order chi connectivity index (χ1) is 9.08. The van der Waals surface area contributed by atoms with Crippen molar-refractivity contribution in [2.45, 2.75) is 26.2 Å². The van der Waals surface area contributed by atoms with E-state index in [9.17, 15) is 9.18 Å². The van der Waals surface area contributed by atoms with Gasteiger partial charge in [-0.1, -0.05) is 13.0 Å². The van der Waals surface area contributed by atoms with Gasteiger partial charge in [0.2, 0.25) is 5.91 Å². The molecule has 1 atom stereocenters. The lowest BCUT2D eigenvalue weighted by molar-refractivity contribution is -0.116. The summed E-state index contributed by atoms with van der Waals surface area (Å²) >= 11 is 0. The van der Waals surface area contributed by atoms with E-state index in [1.54, 1.807) is 6.07 Å². The summed E-state index contributed by atoms with van der Waals surface area (Å²) < 4.78 is 13.3. The largest absolute Gasteiger partial charge is 0.330 e. The number of amides is 1. The van der Waals surface area contributed by atoms with Gasteiger partial charge >= 0.3 is 0 Å². The van der Waals surface area contributed by atoms with Gasteiger partial charge in [-0.2, -0.15) is 5.26 Å². The van der Waals surface area contributed by atoms with Crippen molar-refractivity contribution in [2.24, 2.45) is 11.7 Å². The minimum atomic E-state index is -0.628. The fraction of sp³-hybridized carbons (Fsp3) is 0.429. The zero-order chi connectivity index (χ0) is 14.3. The van der Waals surface area contributed by atoms with Gasteiger partial charge in [-0.05, 0) is 37.4 Å². The summed E-state index contributed by atoms with van der Waals surface area (Å²) in [7, 11) is 0. The lowest BCUT2D eigenvalue weighted by Gasteiger charge is -2.10. The highest BCUT2D eigenvalue weighted by Gasteiger charge is 2.11. The topological polar surface area (TPSA) is 78.9 Å². The second-order valence-corrected chi connectivity index (χ2v) is 4.54. The number of anilines is 1. The maximum atomic E-state index is 13.3. The number of carbonyl (C=O) groups excluding carboxylic acids is 1. The van der Waals surface area contributed by atoms with Crippen LogP contribution in [0.5, 0.6) is 0 Å². The molecule has 5 heteroatoms. The fourth-order valence-corrected chi connectivity index (χ4v) is 1.76. The van der Waals surface area contributed by atoms with Crippen molar-refractivity contribution < 1.29 is 9.18 Å². The van der Waals surface area contributed by atoms with Crippen LogP contribution in [0.1, 0.15) is 31.7 Å². The molecule has 19 heavy (non-hydrogen) atoms. The SMILES string of the molecule is CC(CCN)CCC(=O)Nc1cccc(F)c1C#N. The maximum absolute atomic E-state index is 13.3. The van der Waals surface area contributed by atoms with Crippen LogP contribution >= 0.6 is 0 Å². The molecule has 0 aliphatic rings. The number of carbonyl (C=O) groups is 1. The van der Waals surface area contributed by atoms with Crippen LogP contribution in [0, 0.1) is 23.1 Å². The third-order valence-corrected chi connectivity index (χ3v) is 2.92. The predicted molar refractivity (Wildman–Crippen MR) is 71.8 cm³/mol. The average Bonchev–Trinajstić information content (AvgIpc) is 2.37. The molecule has 0 saturated heterocycles. The number of nitrogens with one attached hydrogen (secondary N) is 1. The van der Waals surface area contributed by atoms with Gasteiger partial charge in [0.05, 0.1) is 5.69 Å². The van der Waals surface area contributed by atoms with E-state index in [4.69, 9.17) is 11.0 Å². The second-order valence-electron chi connectivity index (χ2n) is 4.54. The van der Waals surface area contributed by atoms with Crippen LogP contribution < -0.4 is 11.1 Å². The number of hydrogen-bond donors (Lipinski definition) is 2. The van der Waals surface area contributed by atoms with E-state index in [0.717, 1.165) is 12.8 Å². The molecule has 0 saturated carbocycles. The number of hydrogen-bond acceptors (Lipinski definition) is 3. The Labute approximate surface area is 112 Å². The summed E-state index contributed by atoms with van der Waals surface area (Å²) in [5.41, 5.74) is 5.52. The first-order valence-corrected chi connectivity index (χ1v) is 6.27. The summed E-state index contributed by atoms with van der Waals surface area (Å²) in [6.45, 7) is 2.63. The number of nitrogens with zero attached hydrogens (tertiary/aromatic N) is 1. The number of rotatable bonds is 6. The van der Waals surface area contributed by atoms with Gasteiger partial charge in [0, 0.05) is 6.42 Å². The summed E-state index contributed by atoms with van der Waals surface area (Å²) in [5.74, 6) is -0.471. The molecule has 102 valence electrons. The fourth-order valence-electron chi connectivity index (χ4n) is 1.76. The highest BCUT2D eigenvalue weighted by atomic mass is 19.1. The van der Waals surface area contributed by atoms with Gasteiger partial charge in [-0.25, -0.2) is 4.39 Å². The third-order valence-electron chi connectivity index (χ3n) is 2.92. The lowest BCUT2D eigenvalue weighted by Crippen LogP contribution is -2.15. The van der Waals surface area contributed by atoms with Gasteiger partial charge in [0.25, 0.3) is 0 Å². The molecule has 0 fully saturated rings. The van der Waals surface area contributed by atoms with Crippen LogP contribution in [0.15, 0.2) is 18.2 Å². The molecule has 1 unspecified atom stereocenters. The molecule has 0 aliphatic heterocycles. The molecule has 0 bridgehead atoms. The normalized spacial score (nSPS) is 11.7. The first kappa shape index (κ1) is 15.1. The van der Waals surface area contributed by atoms with Crippen LogP contribution in [-0.2, 0) is 4.79 Å². The van der Waals surface area contributed by atoms with Gasteiger partial charge in [-0.15, -0.1) is 0 Å². The quantitative estimate of drug-likeness (QED) is 0.827. The molecule has 0 spiro atoms. The van der Waals surface area contributed by atoms with Gasteiger partial charge in [0.1, 0.15) is 17.4 Å². The lowest BCUT2D eigenvalue weighted by atomic mass is 10.0. The number of benzene rings is 1. The van der Waals surface area contributed by atoms with E-state index in [-0.39, 0.29) is 17.2 Å². The van der Waals surface area contributed by atoms with Gasteiger partial charge < -0.3 is 11.1 Å². The number of nitriles is 1. The van der Waals surface area contributed by atoms with Gasteiger partial charge in [0.15, 0.2) is 0 Å². The number of nitrogens with two attached hydrogens (primary N) is 1. The van der Waals surface area contributed by atoms with Crippen LogP contribution in [0.25, 0.3) is 0 Å². The van der Waals surface area contributed by atoms with Crippen LogP contribution in [0.4, 0.5) is 10.1 Å². The molecular weight excluding hydrogens is 245 g/mol. The Morgan fingerprint density at radius 3 is 2.89 bits per heavy atom. The van der Waals surface area contributed by atoms with Crippen molar-refractivity contribution >= 4 is 11.6 Å². The summed E-state index contributed by atoms with van der Waals surface area (Å²) in [5, 5.41) is 11.4. The smallest absolute Gasteiger partial charge is 0.224 e. The average molecular weight is 263 g/mol. The Morgan fingerprint density at radius 2 is 2.26 bits per heavy atom. The van der Waals surface area contributed by atoms with Crippen LogP contribution in [0.2, 0.25) is 0 Å². The second kappa shape index (κ2) is 7.49. The highest BCUT2D eigenvalue weighted by Crippen LogP contribution is 2.18. The van der Waals surface area contributed by atoms with E-state index < -0.39 is 5.82 Å². The summed E-state index contributed by atoms with van der Waals surface area (Å²) in [6, 6.07) is 5.92. The molecule has 1 aromatic rings. The molecular formula is C14H18FN3O. The molecule has 1 aromatic carbocycles. The van der Waals surface area contributed by atoms with E-state index >= 15 is 0 Å². The minimum absolute atomic E-state index is 0.133. The zero-order valence-electron chi connectivity index (χ0n) is 10.9. The van der Waals surface area contributed by atoms with Crippen molar-refractivity contribution in [1.82, 2.24) is 0 Å².